The number of hydrogen-bond acceptors (Lipinski definition) is 4. The lowest BCUT2D eigenvalue weighted by molar-refractivity contribution is -0.127. The Bertz CT molecular complexity index is 542. The molecule has 0 bridgehead atoms. The minimum atomic E-state index is -4.25. The normalized spacial score (nSPS) is 23.4. The predicted octanol–water partition coefficient (Wildman–Crippen LogP) is 1.04. The minimum absolute atomic E-state index is 0.0910. The molecule has 0 amide bonds. The highest BCUT2D eigenvalue weighted by atomic mass is 32.2. The molecule has 0 saturated heterocycles. The predicted molar refractivity (Wildman–Crippen MR) is 65.4 cm³/mol. The Morgan fingerprint density at radius 3 is 2.50 bits per heavy atom. The first-order valence-corrected chi connectivity index (χ1v) is 7.48. The summed E-state index contributed by atoms with van der Waals surface area (Å²) in [5.41, 5.74) is 0. The molecule has 1 aliphatic rings. The molecule has 0 aromatic carbocycles. The van der Waals surface area contributed by atoms with Crippen molar-refractivity contribution in [3.8, 4) is 0 Å². The fourth-order valence-corrected chi connectivity index (χ4v) is 3.14. The van der Waals surface area contributed by atoms with E-state index in [1.165, 1.54) is 12.3 Å². The topological polar surface area (TPSA) is 71.1 Å². The van der Waals surface area contributed by atoms with Crippen LogP contribution in [0, 0.1) is 0 Å². The summed E-state index contributed by atoms with van der Waals surface area (Å²) in [4.78, 5) is 3.73. The Morgan fingerprint density at radius 2 is 1.95 bits per heavy atom. The van der Waals surface area contributed by atoms with Gasteiger partial charge in [-0.05, 0) is 25.0 Å². The van der Waals surface area contributed by atoms with E-state index >= 15 is 0 Å². The third kappa shape index (κ3) is 4.15. The highest BCUT2D eigenvalue weighted by molar-refractivity contribution is 7.89. The van der Waals surface area contributed by atoms with Crippen molar-refractivity contribution >= 4 is 10.0 Å². The second-order valence-corrected chi connectivity index (χ2v) is 6.31. The monoisotopic (exact) mass is 309 g/mol. The zero-order valence-electron chi connectivity index (χ0n) is 10.4. The molecule has 5 nitrogen and oxygen atoms in total. The molecule has 1 aromatic heterocycles. The maximum Gasteiger partial charge on any atom is 0.401 e. The van der Waals surface area contributed by atoms with Crippen molar-refractivity contribution in [2.45, 2.75) is 36.1 Å². The van der Waals surface area contributed by atoms with Gasteiger partial charge in [0.2, 0.25) is 0 Å². The van der Waals surface area contributed by atoms with Crippen molar-refractivity contribution < 1.29 is 21.6 Å². The van der Waals surface area contributed by atoms with E-state index in [1.54, 1.807) is 12.1 Å². The van der Waals surface area contributed by atoms with E-state index in [9.17, 15) is 21.6 Å². The molecule has 0 radical (unpaired) electrons. The second-order valence-electron chi connectivity index (χ2n) is 4.65. The number of hydrogen-bond donors (Lipinski definition) is 2. The highest BCUT2D eigenvalue weighted by Crippen LogP contribution is 2.23. The van der Waals surface area contributed by atoms with Crippen molar-refractivity contribution in [1.82, 2.24) is 15.0 Å². The van der Waals surface area contributed by atoms with Crippen molar-refractivity contribution in [2.24, 2.45) is 0 Å². The lowest BCUT2D eigenvalue weighted by Gasteiger charge is -2.36. The lowest BCUT2D eigenvalue weighted by atomic mass is 9.88. The van der Waals surface area contributed by atoms with Crippen LogP contribution in [-0.2, 0) is 10.0 Å². The van der Waals surface area contributed by atoms with Gasteiger partial charge in [-0.15, -0.1) is 0 Å². The van der Waals surface area contributed by atoms with E-state index in [1.807, 2.05) is 0 Å². The average Bonchev–Trinajstić information content (AvgIpc) is 2.32. The summed E-state index contributed by atoms with van der Waals surface area (Å²) in [6, 6.07) is 3.84. The molecule has 1 heterocycles. The van der Waals surface area contributed by atoms with Gasteiger partial charge >= 0.3 is 6.18 Å². The molecular weight excluding hydrogens is 295 g/mol. The lowest BCUT2D eigenvalue weighted by Crippen LogP contribution is -2.53. The van der Waals surface area contributed by atoms with Gasteiger partial charge in [0.05, 0.1) is 6.54 Å². The van der Waals surface area contributed by atoms with Crippen LogP contribution in [0.25, 0.3) is 0 Å². The van der Waals surface area contributed by atoms with Gasteiger partial charge in [0, 0.05) is 18.3 Å². The fourth-order valence-electron chi connectivity index (χ4n) is 1.93. The number of sulfonamides is 1. The summed E-state index contributed by atoms with van der Waals surface area (Å²) in [6.07, 6.45) is -2.22. The first-order valence-electron chi connectivity index (χ1n) is 6.00. The number of rotatable bonds is 5. The zero-order chi connectivity index (χ0) is 14.8. The molecule has 20 heavy (non-hydrogen) atoms. The number of nitrogens with one attached hydrogen (secondary N) is 2. The highest BCUT2D eigenvalue weighted by Gasteiger charge is 2.35. The van der Waals surface area contributed by atoms with E-state index in [0.29, 0.717) is 12.8 Å². The molecule has 2 N–H and O–H groups in total. The van der Waals surface area contributed by atoms with Gasteiger partial charge in [-0.1, -0.05) is 6.07 Å². The minimum Gasteiger partial charge on any atom is -0.306 e. The van der Waals surface area contributed by atoms with Crippen LogP contribution in [0.2, 0.25) is 0 Å². The summed E-state index contributed by atoms with van der Waals surface area (Å²) >= 11 is 0. The van der Waals surface area contributed by atoms with E-state index in [2.05, 4.69) is 15.0 Å². The fraction of sp³-hybridized carbons (Fsp3) is 0.545. The molecule has 1 fully saturated rings. The third-order valence-corrected chi connectivity index (χ3v) is 4.40. The van der Waals surface area contributed by atoms with Crippen LogP contribution < -0.4 is 10.0 Å². The molecule has 9 heteroatoms. The van der Waals surface area contributed by atoms with Gasteiger partial charge < -0.3 is 5.32 Å². The van der Waals surface area contributed by atoms with Crippen LogP contribution in [0.3, 0.4) is 0 Å². The van der Waals surface area contributed by atoms with Gasteiger partial charge in [0.15, 0.2) is 5.03 Å². The number of nitrogens with zero attached hydrogens (tertiary/aromatic N) is 1. The summed E-state index contributed by atoms with van der Waals surface area (Å²) in [5, 5.41) is 2.25. The molecule has 0 atom stereocenters. The summed E-state index contributed by atoms with van der Waals surface area (Å²) in [6.45, 7) is -1.06. The average molecular weight is 309 g/mol. The van der Waals surface area contributed by atoms with Crippen LogP contribution in [0.1, 0.15) is 12.8 Å². The molecular formula is C11H14F3N3O2S. The first-order chi connectivity index (χ1) is 9.26. The molecule has 2 rings (SSSR count). The standard InChI is InChI=1S/C11H14F3N3O2S/c12-11(13,14)7-16-8-5-9(6-8)17-20(18,19)10-3-1-2-4-15-10/h1-4,8-9,16-17H,5-7H2. The Hall–Kier alpha value is -1.19. The van der Waals surface area contributed by atoms with E-state index in [-0.39, 0.29) is 17.1 Å². The van der Waals surface area contributed by atoms with Crippen LogP contribution in [0.5, 0.6) is 0 Å². The number of pyridine rings is 1. The van der Waals surface area contributed by atoms with Crippen molar-refractivity contribution in [3.05, 3.63) is 24.4 Å². The molecule has 1 saturated carbocycles. The second kappa shape index (κ2) is 5.66. The van der Waals surface area contributed by atoms with Crippen LogP contribution in [0.15, 0.2) is 29.4 Å². The third-order valence-electron chi connectivity index (χ3n) is 2.96. The van der Waals surface area contributed by atoms with E-state index < -0.39 is 22.7 Å². The van der Waals surface area contributed by atoms with Crippen molar-refractivity contribution in [1.29, 1.82) is 0 Å². The molecule has 0 unspecified atom stereocenters. The van der Waals surface area contributed by atoms with Gasteiger partial charge in [0.1, 0.15) is 0 Å². The van der Waals surface area contributed by atoms with Gasteiger partial charge in [0.25, 0.3) is 10.0 Å². The maximum atomic E-state index is 12.0. The Kier molecular flexibility index (Phi) is 4.31. The van der Waals surface area contributed by atoms with Gasteiger partial charge in [-0.25, -0.2) is 18.1 Å². The largest absolute Gasteiger partial charge is 0.401 e. The smallest absolute Gasteiger partial charge is 0.306 e. The number of aromatic nitrogens is 1. The summed E-state index contributed by atoms with van der Waals surface area (Å²) in [7, 11) is -3.70. The maximum absolute atomic E-state index is 12.0. The van der Waals surface area contributed by atoms with Crippen LogP contribution in [0.4, 0.5) is 13.2 Å². The summed E-state index contributed by atoms with van der Waals surface area (Å²) in [5.74, 6) is 0. The zero-order valence-corrected chi connectivity index (χ0v) is 11.2. The van der Waals surface area contributed by atoms with Crippen LogP contribution in [-0.4, -0.2) is 38.2 Å². The van der Waals surface area contributed by atoms with Crippen molar-refractivity contribution in [2.75, 3.05) is 6.54 Å². The summed E-state index contributed by atoms with van der Waals surface area (Å²) < 4.78 is 62.1. The SMILES string of the molecule is O=S(=O)(NC1CC(NCC(F)(F)F)C1)c1ccccn1. The number of halogens is 3. The first kappa shape index (κ1) is 15.2. The van der Waals surface area contributed by atoms with Crippen molar-refractivity contribution in [3.63, 3.8) is 0 Å². The molecule has 112 valence electrons. The van der Waals surface area contributed by atoms with Crippen LogP contribution >= 0.6 is 0 Å². The quantitative estimate of drug-likeness (QED) is 0.853. The molecule has 1 aliphatic carbocycles. The Balaban J connectivity index is 1.80. The molecule has 1 aromatic rings. The Morgan fingerprint density at radius 1 is 1.25 bits per heavy atom. The van der Waals surface area contributed by atoms with Gasteiger partial charge in [-0.3, -0.25) is 0 Å². The van der Waals surface area contributed by atoms with Gasteiger partial charge in [-0.2, -0.15) is 13.2 Å². The van der Waals surface area contributed by atoms with E-state index in [4.69, 9.17) is 0 Å². The molecule has 0 spiro atoms. The Labute approximate surface area is 114 Å². The number of alkyl halides is 3. The van der Waals surface area contributed by atoms with E-state index in [0.717, 1.165) is 0 Å². The molecule has 0 aliphatic heterocycles.